The van der Waals surface area contributed by atoms with Crippen molar-refractivity contribution in [1.29, 1.82) is 0 Å². The summed E-state index contributed by atoms with van der Waals surface area (Å²) in [5.74, 6) is 0.603. The monoisotopic (exact) mass is 368 g/mol. The zero-order chi connectivity index (χ0) is 19.3. The lowest BCUT2D eigenvalue weighted by Gasteiger charge is -2.16. The van der Waals surface area contributed by atoms with Crippen LogP contribution in [0.3, 0.4) is 0 Å². The van der Waals surface area contributed by atoms with E-state index in [1.807, 2.05) is 30.3 Å². The van der Waals surface area contributed by atoms with Crippen molar-refractivity contribution in [2.45, 2.75) is 19.3 Å². The molecule has 2 N–H and O–H groups in total. The molecule has 1 aliphatic carbocycles. The van der Waals surface area contributed by atoms with Crippen LogP contribution >= 0.6 is 0 Å². The quantitative estimate of drug-likeness (QED) is 0.703. The van der Waals surface area contributed by atoms with E-state index in [0.717, 1.165) is 12.0 Å². The summed E-state index contributed by atoms with van der Waals surface area (Å²) in [7, 11) is 3.08. The number of nitrogens with one attached hydrogen (secondary N) is 2. The minimum Gasteiger partial charge on any atom is -0.493 e. The Balaban J connectivity index is 1.58. The van der Waals surface area contributed by atoms with Gasteiger partial charge in [0.25, 0.3) is 0 Å². The van der Waals surface area contributed by atoms with Gasteiger partial charge in [0.15, 0.2) is 11.5 Å². The Labute approximate surface area is 158 Å². The third kappa shape index (κ3) is 4.22. The van der Waals surface area contributed by atoms with Crippen LogP contribution in [0.15, 0.2) is 48.5 Å². The van der Waals surface area contributed by atoms with Gasteiger partial charge >= 0.3 is 0 Å². The van der Waals surface area contributed by atoms with E-state index in [-0.39, 0.29) is 11.8 Å². The summed E-state index contributed by atoms with van der Waals surface area (Å²) in [5, 5.41) is 5.72. The maximum atomic E-state index is 12.7. The van der Waals surface area contributed by atoms with Crippen molar-refractivity contribution in [2.24, 2.45) is 5.41 Å². The number of hydrogen-bond acceptors (Lipinski definition) is 4. The number of amides is 2. The van der Waals surface area contributed by atoms with Gasteiger partial charge in [-0.15, -0.1) is 0 Å². The van der Waals surface area contributed by atoms with Gasteiger partial charge in [-0.25, -0.2) is 0 Å². The first kappa shape index (κ1) is 18.8. The lowest BCUT2D eigenvalue weighted by atomic mass is 10.0. The van der Waals surface area contributed by atoms with Gasteiger partial charge in [-0.1, -0.05) is 30.3 Å². The first-order valence-corrected chi connectivity index (χ1v) is 8.95. The summed E-state index contributed by atoms with van der Waals surface area (Å²) in [5.41, 5.74) is 0.752. The molecule has 0 unspecified atom stereocenters. The topological polar surface area (TPSA) is 76.7 Å². The van der Waals surface area contributed by atoms with Gasteiger partial charge in [-0.3, -0.25) is 9.59 Å². The van der Waals surface area contributed by atoms with Gasteiger partial charge in [0.1, 0.15) is 5.41 Å². The molecule has 0 spiro atoms. The zero-order valence-electron chi connectivity index (χ0n) is 15.6. The second-order valence-corrected chi connectivity index (χ2v) is 6.60. The molecule has 0 atom stereocenters. The molecule has 1 saturated carbocycles. The second kappa shape index (κ2) is 8.12. The van der Waals surface area contributed by atoms with Crippen LogP contribution in [0.4, 0.5) is 5.69 Å². The van der Waals surface area contributed by atoms with Crippen molar-refractivity contribution in [3.8, 4) is 11.5 Å². The molecule has 0 saturated heterocycles. The highest BCUT2D eigenvalue weighted by molar-refractivity contribution is 6.13. The van der Waals surface area contributed by atoms with E-state index in [1.165, 1.54) is 7.11 Å². The Morgan fingerprint density at radius 3 is 2.30 bits per heavy atom. The molecule has 3 rings (SSSR count). The largest absolute Gasteiger partial charge is 0.493 e. The van der Waals surface area contributed by atoms with Gasteiger partial charge in [-0.05, 0) is 37.0 Å². The Morgan fingerprint density at radius 1 is 0.963 bits per heavy atom. The van der Waals surface area contributed by atoms with Crippen LogP contribution in [0.2, 0.25) is 0 Å². The molecule has 2 amide bonds. The van der Waals surface area contributed by atoms with E-state index < -0.39 is 5.41 Å². The summed E-state index contributed by atoms with van der Waals surface area (Å²) in [6.07, 6.45) is 1.85. The van der Waals surface area contributed by atoms with Gasteiger partial charge in [0.05, 0.1) is 14.2 Å². The van der Waals surface area contributed by atoms with Gasteiger partial charge in [0.2, 0.25) is 11.8 Å². The number of carbonyl (C=O) groups excluding carboxylic acids is 2. The van der Waals surface area contributed by atoms with Crippen molar-refractivity contribution < 1.29 is 19.1 Å². The van der Waals surface area contributed by atoms with Crippen molar-refractivity contribution in [3.63, 3.8) is 0 Å². The van der Waals surface area contributed by atoms with Gasteiger partial charge in [0, 0.05) is 18.3 Å². The van der Waals surface area contributed by atoms with E-state index in [2.05, 4.69) is 10.6 Å². The molecule has 0 aromatic heterocycles. The fourth-order valence-electron chi connectivity index (χ4n) is 2.98. The average molecular weight is 368 g/mol. The number of rotatable bonds is 8. The molecule has 6 nitrogen and oxygen atoms in total. The standard InChI is InChI=1S/C21H24N2O4/c1-26-17-9-8-16(14-18(17)27-2)23-20(25)21(11-12-21)19(24)22-13-10-15-6-4-3-5-7-15/h3-9,14H,10-13H2,1-2H3,(H,22,24)(H,23,25). The number of anilines is 1. The summed E-state index contributed by atoms with van der Waals surface area (Å²) in [4.78, 5) is 25.2. The smallest absolute Gasteiger partial charge is 0.240 e. The van der Waals surface area contributed by atoms with Gasteiger partial charge in [-0.2, -0.15) is 0 Å². The SMILES string of the molecule is COc1ccc(NC(=O)C2(C(=O)NCCc3ccccc3)CC2)cc1OC. The van der Waals surface area contributed by atoms with E-state index in [0.29, 0.717) is 36.6 Å². The molecular formula is C21H24N2O4. The molecule has 0 bridgehead atoms. The Hall–Kier alpha value is -3.02. The highest BCUT2D eigenvalue weighted by Gasteiger charge is 2.56. The molecule has 0 aliphatic heterocycles. The van der Waals surface area contributed by atoms with E-state index in [1.54, 1.807) is 25.3 Å². The summed E-state index contributed by atoms with van der Waals surface area (Å²) >= 11 is 0. The normalized spacial score (nSPS) is 14.1. The number of carbonyl (C=O) groups is 2. The predicted molar refractivity (Wildman–Crippen MR) is 103 cm³/mol. The van der Waals surface area contributed by atoms with Crippen molar-refractivity contribution >= 4 is 17.5 Å². The summed E-state index contributed by atoms with van der Waals surface area (Å²) in [6, 6.07) is 15.0. The third-order valence-corrected chi connectivity index (χ3v) is 4.80. The van der Waals surface area contributed by atoms with E-state index in [9.17, 15) is 9.59 Å². The van der Waals surface area contributed by atoms with Crippen LogP contribution in [-0.4, -0.2) is 32.6 Å². The molecule has 0 radical (unpaired) electrons. The first-order valence-electron chi connectivity index (χ1n) is 8.95. The molecule has 142 valence electrons. The number of benzene rings is 2. The zero-order valence-corrected chi connectivity index (χ0v) is 15.6. The van der Waals surface area contributed by atoms with Crippen molar-refractivity contribution in [2.75, 3.05) is 26.1 Å². The molecule has 6 heteroatoms. The van der Waals surface area contributed by atoms with Gasteiger partial charge < -0.3 is 20.1 Å². The number of methoxy groups -OCH3 is 2. The Morgan fingerprint density at radius 2 is 1.67 bits per heavy atom. The predicted octanol–water partition coefficient (Wildman–Crippen LogP) is 2.78. The summed E-state index contributed by atoms with van der Waals surface area (Å²) < 4.78 is 10.4. The summed E-state index contributed by atoms with van der Waals surface area (Å²) in [6.45, 7) is 0.508. The van der Waals surface area contributed by atoms with Crippen LogP contribution in [0.25, 0.3) is 0 Å². The maximum Gasteiger partial charge on any atom is 0.240 e. The number of ether oxygens (including phenoxy) is 2. The second-order valence-electron chi connectivity index (χ2n) is 6.60. The highest BCUT2D eigenvalue weighted by atomic mass is 16.5. The molecule has 1 fully saturated rings. The lowest BCUT2D eigenvalue weighted by molar-refractivity contribution is -0.134. The van der Waals surface area contributed by atoms with Crippen LogP contribution in [-0.2, 0) is 16.0 Å². The van der Waals surface area contributed by atoms with Crippen molar-refractivity contribution in [3.05, 3.63) is 54.1 Å². The molecule has 1 aliphatic rings. The lowest BCUT2D eigenvalue weighted by Crippen LogP contribution is -2.40. The van der Waals surface area contributed by atoms with E-state index >= 15 is 0 Å². The van der Waals surface area contributed by atoms with Crippen LogP contribution in [0, 0.1) is 5.41 Å². The first-order chi connectivity index (χ1) is 13.1. The Bertz CT molecular complexity index is 816. The fourth-order valence-corrected chi connectivity index (χ4v) is 2.98. The highest BCUT2D eigenvalue weighted by Crippen LogP contribution is 2.47. The number of hydrogen-bond donors (Lipinski definition) is 2. The minimum absolute atomic E-state index is 0.212. The average Bonchev–Trinajstić information content (AvgIpc) is 3.51. The van der Waals surface area contributed by atoms with Crippen LogP contribution in [0.1, 0.15) is 18.4 Å². The van der Waals surface area contributed by atoms with Crippen molar-refractivity contribution in [1.82, 2.24) is 5.32 Å². The molecule has 2 aromatic rings. The molecule has 27 heavy (non-hydrogen) atoms. The maximum absolute atomic E-state index is 12.7. The fraction of sp³-hybridized carbons (Fsp3) is 0.333. The molecule has 0 heterocycles. The minimum atomic E-state index is -0.968. The Kier molecular flexibility index (Phi) is 5.64. The van der Waals surface area contributed by atoms with E-state index in [4.69, 9.17) is 9.47 Å². The molecule has 2 aromatic carbocycles. The third-order valence-electron chi connectivity index (χ3n) is 4.80. The van der Waals surface area contributed by atoms with Crippen LogP contribution < -0.4 is 20.1 Å². The molecular weight excluding hydrogens is 344 g/mol. The van der Waals surface area contributed by atoms with Crippen LogP contribution in [0.5, 0.6) is 11.5 Å².